The second-order valence-electron chi connectivity index (χ2n) is 4.59. The highest BCUT2D eigenvalue weighted by molar-refractivity contribution is 7.45. The van der Waals surface area contributed by atoms with Crippen LogP contribution in [0.15, 0.2) is 0 Å². The lowest BCUT2D eigenvalue weighted by Gasteiger charge is -2.47. The molecule has 0 aromatic rings. The summed E-state index contributed by atoms with van der Waals surface area (Å²) in [6, 6.07) is 0. The van der Waals surface area contributed by atoms with Crippen molar-refractivity contribution in [3.05, 3.63) is 0 Å². The molecule has 18 heteroatoms. The Hall–Kier alpha value is 0.210. The molecule has 0 aliphatic heterocycles. The van der Waals surface area contributed by atoms with Gasteiger partial charge in [-0.25, -0.2) is 0 Å². The van der Waals surface area contributed by atoms with E-state index < -0.39 is 60.1 Å². The average molecular weight is 417 g/mol. The predicted octanol–water partition coefficient (Wildman–Crippen LogP) is -5.38. The van der Waals surface area contributed by atoms with Crippen LogP contribution in [0.4, 0.5) is 0 Å². The van der Waals surface area contributed by atoms with E-state index in [0.717, 1.165) is 0 Å². The SMILES string of the molecule is O=P([O-])(O)OC1C(OP(=O)([O-])O)[C@@H](O)[C@H](O)C(OP(=O)([O-])O)[C@@H]1O. The maximum absolute atomic E-state index is 10.8. The van der Waals surface area contributed by atoms with Crippen molar-refractivity contribution in [2.45, 2.75) is 36.6 Å². The highest BCUT2D eigenvalue weighted by Crippen LogP contribution is 2.45. The van der Waals surface area contributed by atoms with Crippen LogP contribution in [-0.2, 0) is 27.3 Å². The first-order chi connectivity index (χ1) is 10.5. The summed E-state index contributed by atoms with van der Waals surface area (Å²) in [6.07, 6.45) is -15.0. The number of phosphoric ester groups is 3. The zero-order valence-corrected chi connectivity index (χ0v) is 13.8. The van der Waals surface area contributed by atoms with Gasteiger partial charge in [0.15, 0.2) is 0 Å². The molecule has 9 atom stereocenters. The van der Waals surface area contributed by atoms with E-state index in [1.165, 1.54) is 0 Å². The molecule has 1 aliphatic carbocycles. The molecule has 24 heavy (non-hydrogen) atoms. The average Bonchev–Trinajstić information content (AvgIpc) is 2.32. The third kappa shape index (κ3) is 6.50. The molecular weight excluding hydrogens is 405 g/mol. The smallest absolute Gasteiger partial charge is 0.265 e. The van der Waals surface area contributed by atoms with Crippen molar-refractivity contribution in [1.82, 2.24) is 0 Å². The molecule has 1 aliphatic rings. The molecule has 6 N–H and O–H groups in total. The fraction of sp³-hybridized carbons (Fsp3) is 1.00. The van der Waals surface area contributed by atoms with Crippen molar-refractivity contribution in [2.24, 2.45) is 0 Å². The Labute approximate surface area is 133 Å². The summed E-state index contributed by atoms with van der Waals surface area (Å²) in [4.78, 5) is 58.0. The van der Waals surface area contributed by atoms with Gasteiger partial charge >= 0.3 is 0 Å². The summed E-state index contributed by atoms with van der Waals surface area (Å²) < 4.78 is 43.9. The van der Waals surface area contributed by atoms with E-state index >= 15 is 0 Å². The molecule has 15 nitrogen and oxygen atoms in total. The third-order valence-electron chi connectivity index (χ3n) is 2.78. The first kappa shape index (κ1) is 22.3. The quantitative estimate of drug-likeness (QED) is 0.220. The summed E-state index contributed by atoms with van der Waals surface area (Å²) in [5.41, 5.74) is 0. The Kier molecular flexibility index (Phi) is 6.90. The minimum Gasteiger partial charge on any atom is -0.756 e. The molecule has 144 valence electrons. The summed E-state index contributed by atoms with van der Waals surface area (Å²) in [6.45, 7) is 0. The summed E-state index contributed by atoms with van der Waals surface area (Å²) >= 11 is 0. The summed E-state index contributed by atoms with van der Waals surface area (Å²) in [5, 5.41) is 29.1. The number of rotatable bonds is 6. The van der Waals surface area contributed by atoms with E-state index in [4.69, 9.17) is 14.7 Å². The van der Waals surface area contributed by atoms with E-state index in [2.05, 4.69) is 13.6 Å². The predicted molar refractivity (Wildman–Crippen MR) is 62.1 cm³/mol. The highest BCUT2D eigenvalue weighted by Gasteiger charge is 2.54. The van der Waals surface area contributed by atoms with Crippen LogP contribution in [0.2, 0.25) is 0 Å². The molecule has 0 spiro atoms. The largest absolute Gasteiger partial charge is 0.756 e. The molecule has 1 rings (SSSR count). The molecule has 6 unspecified atom stereocenters. The first-order valence-corrected chi connectivity index (χ1v) is 10.2. The van der Waals surface area contributed by atoms with E-state index in [9.17, 15) is 43.7 Å². The molecular formula is C6H12O15P3-3. The molecule has 0 bridgehead atoms. The van der Waals surface area contributed by atoms with Crippen LogP contribution >= 0.6 is 23.5 Å². The molecule has 0 aromatic carbocycles. The number of aliphatic hydroxyl groups is 3. The second kappa shape index (κ2) is 7.45. The summed E-state index contributed by atoms with van der Waals surface area (Å²) in [7, 11) is -17.0. The fourth-order valence-electron chi connectivity index (χ4n) is 2.00. The standard InChI is InChI=1S/C6H15O15P3/c7-1-2(8)5(20-23(13,14)15)6(21-24(16,17)18)3(9)4(1)19-22(10,11)12/h1-9H,(H2,10,11,12)(H2,13,14,15)(H2,16,17,18)/p-3/t1-,2-,3-,4?,5?,6?/m0/s1. The van der Waals surface area contributed by atoms with E-state index in [1.54, 1.807) is 0 Å². The number of phosphoric acid groups is 3. The number of hydrogen-bond donors (Lipinski definition) is 6. The van der Waals surface area contributed by atoms with Crippen LogP contribution in [-0.4, -0.2) is 66.6 Å². The van der Waals surface area contributed by atoms with Crippen molar-refractivity contribution in [3.63, 3.8) is 0 Å². The van der Waals surface area contributed by atoms with Crippen LogP contribution in [0, 0.1) is 0 Å². The van der Waals surface area contributed by atoms with Crippen molar-refractivity contribution in [3.8, 4) is 0 Å². The molecule has 0 radical (unpaired) electrons. The molecule has 0 amide bonds. The zero-order valence-electron chi connectivity index (χ0n) is 11.2. The van der Waals surface area contributed by atoms with Gasteiger partial charge < -0.3 is 58.3 Å². The first-order valence-electron chi connectivity index (χ1n) is 5.72. The lowest BCUT2D eigenvalue weighted by atomic mass is 9.85. The Morgan fingerprint density at radius 3 is 1.17 bits per heavy atom. The minimum atomic E-state index is -5.72. The Balaban J connectivity index is 3.23. The topological polar surface area (TPSA) is 269 Å². The Morgan fingerprint density at radius 1 is 0.583 bits per heavy atom. The number of hydrogen-bond acceptors (Lipinski definition) is 12. The Bertz CT molecular complexity index is 574. The third-order valence-corrected chi connectivity index (χ3v) is 4.31. The lowest BCUT2D eigenvalue weighted by molar-refractivity contribution is -0.278. The molecule has 1 saturated carbocycles. The highest BCUT2D eigenvalue weighted by atomic mass is 31.2. The van der Waals surface area contributed by atoms with E-state index in [0.29, 0.717) is 0 Å². The van der Waals surface area contributed by atoms with Crippen LogP contribution < -0.4 is 14.7 Å². The van der Waals surface area contributed by atoms with Crippen molar-refractivity contribution < 1.29 is 71.9 Å². The summed E-state index contributed by atoms with van der Waals surface area (Å²) in [5.74, 6) is 0. The van der Waals surface area contributed by atoms with Gasteiger partial charge in [-0.1, -0.05) is 0 Å². The minimum absolute atomic E-state index is 2.44. The van der Waals surface area contributed by atoms with Crippen LogP contribution in [0.5, 0.6) is 0 Å². The van der Waals surface area contributed by atoms with Crippen LogP contribution in [0.1, 0.15) is 0 Å². The van der Waals surface area contributed by atoms with Gasteiger partial charge in [0.1, 0.15) is 36.6 Å². The maximum Gasteiger partial charge on any atom is 0.265 e. The monoisotopic (exact) mass is 417 g/mol. The van der Waals surface area contributed by atoms with Gasteiger partial charge in [0, 0.05) is 0 Å². The van der Waals surface area contributed by atoms with Gasteiger partial charge in [0.25, 0.3) is 23.5 Å². The molecule has 1 fully saturated rings. The second-order valence-corrected chi connectivity index (χ2v) is 8.03. The van der Waals surface area contributed by atoms with Gasteiger partial charge in [0.05, 0.1) is 0 Å². The van der Waals surface area contributed by atoms with Gasteiger partial charge in [-0.3, -0.25) is 13.7 Å². The van der Waals surface area contributed by atoms with Gasteiger partial charge in [-0.15, -0.1) is 0 Å². The molecule has 0 heterocycles. The molecule has 0 saturated heterocycles. The van der Waals surface area contributed by atoms with Gasteiger partial charge in [0.2, 0.25) is 0 Å². The Morgan fingerprint density at radius 2 is 0.833 bits per heavy atom. The number of aliphatic hydroxyl groups excluding tert-OH is 3. The lowest BCUT2D eigenvalue weighted by Crippen LogP contribution is -2.65. The van der Waals surface area contributed by atoms with E-state index in [1.807, 2.05) is 0 Å². The van der Waals surface area contributed by atoms with Crippen molar-refractivity contribution in [1.29, 1.82) is 0 Å². The van der Waals surface area contributed by atoms with Gasteiger partial charge in [-0.05, 0) is 0 Å². The normalized spacial score (nSPS) is 41.9. The van der Waals surface area contributed by atoms with Crippen LogP contribution in [0.25, 0.3) is 0 Å². The van der Waals surface area contributed by atoms with Crippen molar-refractivity contribution >= 4 is 23.5 Å². The molecule has 0 aromatic heterocycles. The zero-order chi connectivity index (χ0) is 19.1. The van der Waals surface area contributed by atoms with Crippen LogP contribution in [0.3, 0.4) is 0 Å². The van der Waals surface area contributed by atoms with Crippen molar-refractivity contribution in [2.75, 3.05) is 0 Å². The van der Waals surface area contributed by atoms with E-state index in [-0.39, 0.29) is 0 Å². The maximum atomic E-state index is 10.8. The fourth-order valence-corrected chi connectivity index (χ4v) is 3.66. The van der Waals surface area contributed by atoms with Gasteiger partial charge in [-0.2, -0.15) is 0 Å².